The highest BCUT2D eigenvalue weighted by molar-refractivity contribution is 6.29. The van der Waals surface area contributed by atoms with Gasteiger partial charge < -0.3 is 5.73 Å². The van der Waals surface area contributed by atoms with Gasteiger partial charge in [-0.25, -0.2) is 0 Å². The third-order valence-electron chi connectivity index (χ3n) is 2.96. The molecule has 0 aromatic rings. The van der Waals surface area contributed by atoms with Crippen molar-refractivity contribution in [2.24, 2.45) is 11.7 Å². The van der Waals surface area contributed by atoms with Crippen molar-refractivity contribution >= 4 is 11.6 Å². The second kappa shape index (κ2) is 10.6. The molecule has 0 aliphatic carbocycles. The van der Waals surface area contributed by atoms with Crippen LogP contribution < -0.4 is 5.73 Å². The number of halogens is 1. The van der Waals surface area contributed by atoms with Crippen molar-refractivity contribution in [3.05, 3.63) is 35.4 Å². The summed E-state index contributed by atoms with van der Waals surface area (Å²) in [6, 6.07) is 0. The van der Waals surface area contributed by atoms with Gasteiger partial charge in [0.25, 0.3) is 0 Å². The molecule has 0 saturated carbocycles. The molecule has 0 fully saturated rings. The lowest BCUT2D eigenvalue weighted by molar-refractivity contribution is 0.508. The average molecular weight is 256 g/mol. The van der Waals surface area contributed by atoms with Gasteiger partial charge in [-0.05, 0) is 50.3 Å². The molecule has 2 heteroatoms. The van der Waals surface area contributed by atoms with Gasteiger partial charge in [-0.2, -0.15) is 0 Å². The fraction of sp³-hybridized carbons (Fsp3) is 0.600. The highest BCUT2D eigenvalue weighted by atomic mass is 35.5. The first-order valence-electron chi connectivity index (χ1n) is 6.52. The minimum atomic E-state index is 0.595. The van der Waals surface area contributed by atoms with E-state index in [1.54, 1.807) is 0 Å². The topological polar surface area (TPSA) is 26.0 Å². The van der Waals surface area contributed by atoms with Gasteiger partial charge in [-0.1, -0.05) is 50.1 Å². The minimum Gasteiger partial charge on any atom is -0.330 e. The molecule has 0 spiro atoms. The molecule has 0 rings (SSSR count). The van der Waals surface area contributed by atoms with E-state index in [1.807, 2.05) is 19.1 Å². The van der Waals surface area contributed by atoms with Crippen LogP contribution in [0, 0.1) is 5.92 Å². The molecule has 0 amide bonds. The molecular weight excluding hydrogens is 230 g/mol. The van der Waals surface area contributed by atoms with Gasteiger partial charge in [0, 0.05) is 5.03 Å². The SMILES string of the molecule is C=C/C(=C\C=C(/C)Cl)[C@@H](CC)CCCCCN. The maximum atomic E-state index is 5.84. The Morgan fingerprint density at radius 3 is 2.47 bits per heavy atom. The number of hydrogen-bond acceptors (Lipinski definition) is 1. The quantitative estimate of drug-likeness (QED) is 0.465. The van der Waals surface area contributed by atoms with E-state index in [1.165, 1.54) is 24.8 Å². The summed E-state index contributed by atoms with van der Waals surface area (Å²) in [5.41, 5.74) is 6.79. The summed E-state index contributed by atoms with van der Waals surface area (Å²) in [6.45, 7) is 8.81. The summed E-state index contributed by atoms with van der Waals surface area (Å²) in [6.07, 6.45) is 11.9. The zero-order valence-electron chi connectivity index (χ0n) is 11.2. The molecule has 0 bridgehead atoms. The number of unbranched alkanes of at least 4 members (excludes halogenated alkanes) is 2. The molecule has 1 atom stereocenters. The van der Waals surface area contributed by atoms with Crippen LogP contribution in [0.4, 0.5) is 0 Å². The zero-order chi connectivity index (χ0) is 13.1. The summed E-state index contributed by atoms with van der Waals surface area (Å²) in [5, 5.41) is 0.808. The largest absolute Gasteiger partial charge is 0.330 e. The van der Waals surface area contributed by atoms with Crippen molar-refractivity contribution < 1.29 is 0 Å². The minimum absolute atomic E-state index is 0.595. The number of hydrogen-bond donors (Lipinski definition) is 1. The molecule has 98 valence electrons. The van der Waals surface area contributed by atoms with Crippen LogP contribution in [0.5, 0.6) is 0 Å². The van der Waals surface area contributed by atoms with Crippen LogP contribution in [0.15, 0.2) is 35.4 Å². The number of rotatable bonds is 9. The van der Waals surface area contributed by atoms with Crippen LogP contribution >= 0.6 is 11.6 Å². The molecule has 0 aliphatic rings. The Morgan fingerprint density at radius 2 is 2.00 bits per heavy atom. The fourth-order valence-corrected chi connectivity index (χ4v) is 1.96. The Kier molecular flexibility index (Phi) is 10.3. The van der Waals surface area contributed by atoms with Gasteiger partial charge in [0.15, 0.2) is 0 Å². The first kappa shape index (κ1) is 16.5. The lowest BCUT2D eigenvalue weighted by atomic mass is 9.90. The van der Waals surface area contributed by atoms with E-state index in [9.17, 15) is 0 Å². The third kappa shape index (κ3) is 8.23. The van der Waals surface area contributed by atoms with Gasteiger partial charge in [-0.15, -0.1) is 0 Å². The Bertz CT molecular complexity index is 262. The average Bonchev–Trinajstić information content (AvgIpc) is 2.32. The molecule has 0 heterocycles. The van der Waals surface area contributed by atoms with E-state index < -0.39 is 0 Å². The van der Waals surface area contributed by atoms with Crippen LogP contribution in [0.3, 0.4) is 0 Å². The predicted molar refractivity (Wildman–Crippen MR) is 79.2 cm³/mol. The Hall–Kier alpha value is -0.530. The fourth-order valence-electron chi connectivity index (χ4n) is 1.90. The Morgan fingerprint density at radius 1 is 1.29 bits per heavy atom. The molecule has 17 heavy (non-hydrogen) atoms. The Balaban J connectivity index is 4.33. The number of nitrogens with two attached hydrogens (primary N) is 1. The summed E-state index contributed by atoms with van der Waals surface area (Å²) >= 11 is 5.84. The van der Waals surface area contributed by atoms with Gasteiger partial charge in [0.1, 0.15) is 0 Å². The van der Waals surface area contributed by atoms with Crippen LogP contribution in [-0.2, 0) is 0 Å². The van der Waals surface area contributed by atoms with E-state index in [2.05, 4.69) is 19.6 Å². The molecule has 0 unspecified atom stereocenters. The van der Waals surface area contributed by atoms with Crippen molar-refractivity contribution in [3.8, 4) is 0 Å². The lowest BCUT2D eigenvalue weighted by Crippen LogP contribution is -2.03. The standard InChI is InChI=1S/C15H26ClN/c1-4-14(9-7-6-8-12-17)15(5-2)11-10-13(3)16/h5,10-11,14H,2,4,6-9,12,17H2,1,3H3/b13-10+,15-11+/t14-/m0/s1. The molecule has 0 aromatic heterocycles. The molecule has 0 saturated heterocycles. The van der Waals surface area contributed by atoms with Crippen LogP contribution in [0.25, 0.3) is 0 Å². The van der Waals surface area contributed by atoms with Gasteiger partial charge in [-0.3, -0.25) is 0 Å². The van der Waals surface area contributed by atoms with Crippen LogP contribution in [0.1, 0.15) is 46.0 Å². The second-order valence-electron chi connectivity index (χ2n) is 4.37. The summed E-state index contributed by atoms with van der Waals surface area (Å²) in [4.78, 5) is 0. The summed E-state index contributed by atoms with van der Waals surface area (Å²) < 4.78 is 0. The number of allylic oxidation sites excluding steroid dienone is 5. The van der Waals surface area contributed by atoms with Crippen molar-refractivity contribution in [1.82, 2.24) is 0 Å². The maximum absolute atomic E-state index is 5.84. The van der Waals surface area contributed by atoms with Gasteiger partial charge >= 0.3 is 0 Å². The van der Waals surface area contributed by atoms with Crippen molar-refractivity contribution in [2.45, 2.75) is 46.0 Å². The van der Waals surface area contributed by atoms with E-state index in [-0.39, 0.29) is 0 Å². The second-order valence-corrected chi connectivity index (χ2v) is 4.96. The lowest BCUT2D eigenvalue weighted by Gasteiger charge is -2.15. The molecular formula is C15H26ClN. The smallest absolute Gasteiger partial charge is 0.0150 e. The predicted octanol–water partition coefficient (Wildman–Crippen LogP) is 4.79. The van der Waals surface area contributed by atoms with E-state index in [0.717, 1.165) is 24.4 Å². The maximum Gasteiger partial charge on any atom is 0.0150 e. The molecule has 0 aromatic carbocycles. The highest BCUT2D eigenvalue weighted by Crippen LogP contribution is 2.23. The first-order chi connectivity index (χ1) is 8.15. The molecule has 0 aliphatic heterocycles. The zero-order valence-corrected chi connectivity index (χ0v) is 12.0. The first-order valence-corrected chi connectivity index (χ1v) is 6.90. The van der Waals surface area contributed by atoms with E-state index in [4.69, 9.17) is 17.3 Å². The highest BCUT2D eigenvalue weighted by Gasteiger charge is 2.08. The molecule has 1 nitrogen and oxygen atoms in total. The molecule has 0 radical (unpaired) electrons. The normalized spacial score (nSPS) is 14.8. The van der Waals surface area contributed by atoms with Crippen molar-refractivity contribution in [3.63, 3.8) is 0 Å². The van der Waals surface area contributed by atoms with Gasteiger partial charge in [0.2, 0.25) is 0 Å². The Labute approximate surface area is 111 Å². The summed E-state index contributed by atoms with van der Waals surface area (Å²) in [7, 11) is 0. The van der Waals surface area contributed by atoms with Crippen molar-refractivity contribution in [1.29, 1.82) is 0 Å². The molecule has 2 N–H and O–H groups in total. The monoisotopic (exact) mass is 255 g/mol. The van der Waals surface area contributed by atoms with E-state index in [0.29, 0.717) is 5.92 Å². The van der Waals surface area contributed by atoms with E-state index >= 15 is 0 Å². The van der Waals surface area contributed by atoms with Gasteiger partial charge in [0.05, 0.1) is 0 Å². The van der Waals surface area contributed by atoms with Crippen molar-refractivity contribution in [2.75, 3.05) is 6.54 Å². The van der Waals surface area contributed by atoms with Crippen LogP contribution in [0.2, 0.25) is 0 Å². The summed E-state index contributed by atoms with van der Waals surface area (Å²) in [5.74, 6) is 0.595. The third-order valence-corrected chi connectivity index (χ3v) is 3.09. The van der Waals surface area contributed by atoms with Crippen LogP contribution in [-0.4, -0.2) is 6.54 Å².